The maximum Gasteiger partial charge on any atom is 0.367 e. The number of ether oxygens (including phenoxy) is 1. The highest BCUT2D eigenvalue weighted by molar-refractivity contribution is 7.17. The average molecular weight is 383 g/mol. The maximum absolute atomic E-state index is 12.1. The summed E-state index contributed by atoms with van der Waals surface area (Å²) in [6, 6.07) is 1.55. The molecule has 0 amide bonds. The fraction of sp³-hybridized carbons (Fsp3) is 0.333. The number of halogens is 1. The van der Waals surface area contributed by atoms with Gasteiger partial charge in [0, 0.05) is 18.2 Å². The van der Waals surface area contributed by atoms with Crippen molar-refractivity contribution in [3.8, 4) is 5.88 Å². The third-order valence-electron chi connectivity index (χ3n) is 3.66. The molecule has 0 aliphatic carbocycles. The lowest BCUT2D eigenvalue weighted by Crippen LogP contribution is -2.46. The monoisotopic (exact) mass is 382 g/mol. The zero-order chi connectivity index (χ0) is 18.2. The predicted octanol–water partition coefficient (Wildman–Crippen LogP) is 1.74. The first kappa shape index (κ1) is 17.6. The minimum atomic E-state index is -0.740. The molecule has 132 valence electrons. The highest BCUT2D eigenvalue weighted by atomic mass is 35.5. The normalized spacial score (nSPS) is 19.0. The molecule has 8 nitrogen and oxygen atoms in total. The summed E-state index contributed by atoms with van der Waals surface area (Å²) in [6.45, 7) is 3.54. The van der Waals surface area contributed by atoms with Crippen molar-refractivity contribution in [3.05, 3.63) is 38.9 Å². The van der Waals surface area contributed by atoms with E-state index in [1.54, 1.807) is 19.9 Å². The SMILES string of the molecule is CC1(C)Oc2ncc(C(=O)O/N=C(/N)c3ncc(Cl)s3)cc2CC1O. The molecule has 25 heavy (non-hydrogen) atoms. The van der Waals surface area contributed by atoms with Crippen LogP contribution >= 0.6 is 22.9 Å². The fourth-order valence-corrected chi connectivity index (χ4v) is 2.98. The van der Waals surface area contributed by atoms with E-state index in [1.165, 1.54) is 12.4 Å². The summed E-state index contributed by atoms with van der Waals surface area (Å²) in [5.41, 5.74) is 5.73. The lowest BCUT2D eigenvalue weighted by Gasteiger charge is -2.36. The van der Waals surface area contributed by atoms with Crippen LogP contribution < -0.4 is 10.5 Å². The molecule has 0 saturated heterocycles. The molecular formula is C15H15ClN4O4S. The van der Waals surface area contributed by atoms with Gasteiger partial charge in [-0.3, -0.25) is 0 Å². The van der Waals surface area contributed by atoms with E-state index in [9.17, 15) is 9.90 Å². The van der Waals surface area contributed by atoms with Crippen LogP contribution in [0.3, 0.4) is 0 Å². The number of aliphatic hydroxyl groups excluding tert-OH is 1. The molecule has 3 N–H and O–H groups in total. The van der Waals surface area contributed by atoms with Crippen LogP contribution in [0.2, 0.25) is 4.34 Å². The van der Waals surface area contributed by atoms with Crippen molar-refractivity contribution in [2.24, 2.45) is 10.9 Å². The molecule has 1 aliphatic rings. The largest absolute Gasteiger partial charge is 0.469 e. The van der Waals surface area contributed by atoms with Gasteiger partial charge in [-0.2, -0.15) is 0 Å². The number of amidine groups is 1. The summed E-state index contributed by atoms with van der Waals surface area (Å²) < 4.78 is 6.09. The summed E-state index contributed by atoms with van der Waals surface area (Å²) in [5.74, 6) is -0.413. The van der Waals surface area contributed by atoms with Crippen molar-refractivity contribution in [1.29, 1.82) is 0 Å². The van der Waals surface area contributed by atoms with Crippen LogP contribution in [0, 0.1) is 0 Å². The Balaban J connectivity index is 1.74. The molecule has 2 aromatic heterocycles. The van der Waals surface area contributed by atoms with Crippen molar-refractivity contribution < 1.29 is 19.5 Å². The third-order valence-corrected chi connectivity index (χ3v) is 4.80. The highest BCUT2D eigenvalue weighted by Crippen LogP contribution is 2.32. The minimum absolute atomic E-state index is 0.0586. The van der Waals surface area contributed by atoms with E-state index in [0.717, 1.165) is 11.3 Å². The number of fused-ring (bicyclic) bond motifs is 1. The van der Waals surface area contributed by atoms with Crippen LogP contribution in [-0.2, 0) is 11.3 Å². The Labute approximate surface area is 152 Å². The summed E-state index contributed by atoms with van der Waals surface area (Å²) in [4.78, 5) is 25.0. The number of rotatable bonds is 3. The number of pyridine rings is 1. The molecule has 0 aromatic carbocycles. The molecule has 0 radical (unpaired) electrons. The van der Waals surface area contributed by atoms with Crippen molar-refractivity contribution >= 4 is 34.7 Å². The van der Waals surface area contributed by atoms with Crippen molar-refractivity contribution in [1.82, 2.24) is 9.97 Å². The molecule has 1 aliphatic heterocycles. The standard InChI is InChI=1S/C15H15ClN4O4S/c1-15(2)9(21)4-7-3-8(5-18-12(7)23-15)14(22)24-20-11(17)13-19-6-10(16)25-13/h3,5-6,9,21H,4H2,1-2H3,(H2,17,20). The number of nitrogens with zero attached hydrogens (tertiary/aromatic N) is 3. The zero-order valence-electron chi connectivity index (χ0n) is 13.4. The first-order valence-electron chi connectivity index (χ1n) is 7.29. The molecule has 0 spiro atoms. The van der Waals surface area contributed by atoms with Gasteiger partial charge in [0.25, 0.3) is 0 Å². The van der Waals surface area contributed by atoms with E-state index in [4.69, 9.17) is 26.9 Å². The third kappa shape index (κ3) is 3.73. The average Bonchev–Trinajstić information content (AvgIpc) is 2.99. The van der Waals surface area contributed by atoms with Gasteiger partial charge < -0.3 is 20.4 Å². The fourth-order valence-electron chi connectivity index (χ4n) is 2.17. The quantitative estimate of drug-likeness (QED) is 0.359. The number of nitrogens with two attached hydrogens (primary N) is 1. The molecule has 0 bridgehead atoms. The second kappa shape index (κ2) is 6.58. The molecule has 0 saturated carbocycles. The van der Waals surface area contributed by atoms with Crippen LogP contribution in [0.15, 0.2) is 23.6 Å². The van der Waals surface area contributed by atoms with E-state index in [1.807, 2.05) is 0 Å². The Morgan fingerprint density at radius 2 is 2.28 bits per heavy atom. The van der Waals surface area contributed by atoms with Crippen LogP contribution in [-0.4, -0.2) is 38.6 Å². The Hall–Kier alpha value is -2.23. The number of carbonyl (C=O) groups excluding carboxylic acids is 1. The smallest absolute Gasteiger partial charge is 0.367 e. The first-order chi connectivity index (χ1) is 11.8. The summed E-state index contributed by atoms with van der Waals surface area (Å²) >= 11 is 6.87. The molecule has 2 aromatic rings. The number of hydrogen-bond acceptors (Lipinski definition) is 8. The van der Waals surface area contributed by atoms with Crippen molar-refractivity contribution in [3.63, 3.8) is 0 Å². The molecule has 1 unspecified atom stereocenters. The first-order valence-corrected chi connectivity index (χ1v) is 8.48. The van der Waals surface area contributed by atoms with E-state index in [-0.39, 0.29) is 11.4 Å². The minimum Gasteiger partial charge on any atom is -0.469 e. The molecule has 10 heteroatoms. The Bertz CT molecular complexity index is 852. The lowest BCUT2D eigenvalue weighted by atomic mass is 9.92. The van der Waals surface area contributed by atoms with E-state index < -0.39 is 17.7 Å². The summed E-state index contributed by atoms with van der Waals surface area (Å²) in [5, 5.41) is 14.0. The molecule has 3 rings (SSSR count). The van der Waals surface area contributed by atoms with Gasteiger partial charge in [0.1, 0.15) is 9.94 Å². The second-order valence-electron chi connectivity index (χ2n) is 5.94. The highest BCUT2D eigenvalue weighted by Gasteiger charge is 2.36. The van der Waals surface area contributed by atoms with Crippen LogP contribution in [0.1, 0.15) is 34.8 Å². The van der Waals surface area contributed by atoms with Gasteiger partial charge in [-0.25, -0.2) is 14.8 Å². The predicted molar refractivity (Wildman–Crippen MR) is 91.9 cm³/mol. The summed E-state index contributed by atoms with van der Waals surface area (Å²) in [6.07, 6.45) is 2.35. The number of aliphatic hydroxyl groups is 1. The Morgan fingerprint density at radius 3 is 2.96 bits per heavy atom. The molecule has 1 atom stereocenters. The zero-order valence-corrected chi connectivity index (χ0v) is 15.0. The van der Waals surface area contributed by atoms with Crippen LogP contribution in [0.25, 0.3) is 0 Å². The lowest BCUT2D eigenvalue weighted by molar-refractivity contribution is -0.0443. The maximum atomic E-state index is 12.1. The van der Waals surface area contributed by atoms with Gasteiger partial charge in [0.15, 0.2) is 10.8 Å². The Morgan fingerprint density at radius 1 is 1.52 bits per heavy atom. The Kier molecular flexibility index (Phi) is 4.63. The number of aromatic nitrogens is 2. The van der Waals surface area contributed by atoms with Crippen LogP contribution in [0.5, 0.6) is 5.88 Å². The van der Waals surface area contributed by atoms with Gasteiger partial charge >= 0.3 is 5.97 Å². The molecular weight excluding hydrogens is 368 g/mol. The number of thiazole rings is 1. The van der Waals surface area contributed by atoms with Gasteiger partial charge in [-0.05, 0) is 19.9 Å². The summed E-state index contributed by atoms with van der Waals surface area (Å²) in [7, 11) is 0. The number of oxime groups is 1. The van der Waals surface area contributed by atoms with Gasteiger partial charge in [-0.15, -0.1) is 0 Å². The van der Waals surface area contributed by atoms with E-state index in [2.05, 4.69) is 15.1 Å². The number of carbonyl (C=O) groups is 1. The van der Waals surface area contributed by atoms with Gasteiger partial charge in [0.2, 0.25) is 5.88 Å². The van der Waals surface area contributed by atoms with E-state index in [0.29, 0.717) is 27.2 Å². The molecule has 3 heterocycles. The number of hydrogen-bond donors (Lipinski definition) is 2. The van der Waals surface area contributed by atoms with Gasteiger partial charge in [0.05, 0.1) is 17.9 Å². The van der Waals surface area contributed by atoms with Crippen molar-refractivity contribution in [2.75, 3.05) is 0 Å². The van der Waals surface area contributed by atoms with E-state index >= 15 is 0 Å². The second-order valence-corrected chi connectivity index (χ2v) is 7.60. The molecule has 0 fully saturated rings. The van der Waals surface area contributed by atoms with Crippen LogP contribution in [0.4, 0.5) is 0 Å². The van der Waals surface area contributed by atoms with Gasteiger partial charge in [-0.1, -0.05) is 28.1 Å². The topological polar surface area (TPSA) is 120 Å². The van der Waals surface area contributed by atoms with Crippen molar-refractivity contribution in [2.45, 2.75) is 32.0 Å².